The van der Waals surface area contributed by atoms with E-state index in [1.807, 2.05) is 0 Å². The van der Waals surface area contributed by atoms with Gasteiger partial charge >= 0.3 is 0 Å². The third kappa shape index (κ3) is 3.78. The SMILES string of the molecule is CC(C)(C(=O)NCc1ccc(S(N)(=O)=O)s1)S(C)(=O)=O. The first-order valence-electron chi connectivity index (χ1n) is 5.45. The average Bonchev–Trinajstić information content (AvgIpc) is 2.72. The number of nitrogens with two attached hydrogens (primary N) is 1. The fourth-order valence-corrected chi connectivity index (χ4v) is 3.28. The van der Waals surface area contributed by atoms with Crippen molar-refractivity contribution in [3.63, 3.8) is 0 Å². The van der Waals surface area contributed by atoms with E-state index in [1.165, 1.54) is 26.0 Å². The van der Waals surface area contributed by atoms with Crippen LogP contribution in [-0.4, -0.2) is 33.7 Å². The van der Waals surface area contributed by atoms with Gasteiger partial charge in [0.1, 0.15) is 8.96 Å². The van der Waals surface area contributed by atoms with Gasteiger partial charge in [0.05, 0.1) is 6.54 Å². The number of hydrogen-bond acceptors (Lipinski definition) is 6. The monoisotopic (exact) mass is 340 g/mol. The molecule has 1 aromatic heterocycles. The first-order chi connectivity index (χ1) is 8.85. The van der Waals surface area contributed by atoms with Crippen molar-refractivity contribution in [2.24, 2.45) is 5.14 Å². The molecule has 0 spiro atoms. The maximum Gasteiger partial charge on any atom is 0.247 e. The van der Waals surface area contributed by atoms with Gasteiger partial charge in [0.15, 0.2) is 9.84 Å². The molecule has 0 radical (unpaired) electrons. The van der Waals surface area contributed by atoms with E-state index < -0.39 is 30.5 Å². The van der Waals surface area contributed by atoms with E-state index in [0.29, 0.717) is 4.88 Å². The summed E-state index contributed by atoms with van der Waals surface area (Å²) in [5.74, 6) is -0.648. The van der Waals surface area contributed by atoms with Gasteiger partial charge in [-0.05, 0) is 26.0 Å². The van der Waals surface area contributed by atoms with Crippen molar-refractivity contribution in [3.05, 3.63) is 17.0 Å². The summed E-state index contributed by atoms with van der Waals surface area (Å²) >= 11 is 0.923. The van der Waals surface area contributed by atoms with Crippen LogP contribution in [0, 0.1) is 0 Å². The van der Waals surface area contributed by atoms with Crippen LogP contribution in [0.5, 0.6) is 0 Å². The lowest BCUT2D eigenvalue weighted by Crippen LogP contribution is -2.47. The maximum atomic E-state index is 11.9. The van der Waals surface area contributed by atoms with Crippen LogP contribution < -0.4 is 10.5 Å². The molecule has 1 heterocycles. The highest BCUT2D eigenvalue weighted by Crippen LogP contribution is 2.21. The van der Waals surface area contributed by atoms with Crippen LogP contribution in [0.25, 0.3) is 0 Å². The van der Waals surface area contributed by atoms with Crippen molar-refractivity contribution < 1.29 is 21.6 Å². The van der Waals surface area contributed by atoms with Crippen LogP contribution in [0.4, 0.5) is 0 Å². The zero-order chi connectivity index (χ0) is 15.8. The summed E-state index contributed by atoms with van der Waals surface area (Å²) in [6.07, 6.45) is 0.983. The number of thiophene rings is 1. The summed E-state index contributed by atoms with van der Waals surface area (Å²) in [4.78, 5) is 12.4. The minimum absolute atomic E-state index is 0.0101. The van der Waals surface area contributed by atoms with Crippen LogP contribution in [0.15, 0.2) is 16.3 Å². The van der Waals surface area contributed by atoms with Gasteiger partial charge in [-0.25, -0.2) is 22.0 Å². The molecule has 0 atom stereocenters. The molecular weight excluding hydrogens is 324 g/mol. The largest absolute Gasteiger partial charge is 0.350 e. The Kier molecular flexibility index (Phi) is 4.64. The van der Waals surface area contributed by atoms with E-state index >= 15 is 0 Å². The Balaban J connectivity index is 2.79. The molecule has 1 rings (SSSR count). The van der Waals surface area contributed by atoms with Crippen molar-refractivity contribution in [2.75, 3.05) is 6.26 Å². The Morgan fingerprint density at radius 3 is 2.25 bits per heavy atom. The topological polar surface area (TPSA) is 123 Å². The molecule has 0 unspecified atom stereocenters. The smallest absolute Gasteiger partial charge is 0.247 e. The Bertz CT molecular complexity index is 716. The molecule has 0 aliphatic carbocycles. The second-order valence-corrected chi connectivity index (χ2v) is 10.3. The van der Waals surface area contributed by atoms with Crippen LogP contribution in [0.2, 0.25) is 0 Å². The van der Waals surface area contributed by atoms with Crippen LogP contribution >= 0.6 is 11.3 Å². The lowest BCUT2D eigenvalue weighted by Gasteiger charge is -2.21. The summed E-state index contributed by atoms with van der Waals surface area (Å²) < 4.78 is 43.6. The zero-order valence-corrected chi connectivity index (χ0v) is 13.7. The third-order valence-electron chi connectivity index (χ3n) is 2.81. The van der Waals surface area contributed by atoms with Gasteiger partial charge in [0.25, 0.3) is 0 Å². The third-order valence-corrected chi connectivity index (χ3v) is 7.38. The Labute approximate surface area is 122 Å². The standard InChI is InChI=1S/C10H16N2O5S3/c1-10(2,19(3,14)15)9(13)12-6-7-4-5-8(18-7)20(11,16)17/h4-5H,6H2,1-3H3,(H,12,13)(H2,11,16,17). The number of primary sulfonamides is 1. The van der Waals surface area contributed by atoms with E-state index in [4.69, 9.17) is 5.14 Å². The van der Waals surface area contributed by atoms with E-state index in [2.05, 4.69) is 5.32 Å². The second-order valence-electron chi connectivity index (χ2n) is 4.73. The lowest BCUT2D eigenvalue weighted by molar-refractivity contribution is -0.123. The first kappa shape index (κ1) is 17.1. The predicted molar refractivity (Wildman–Crippen MR) is 76.5 cm³/mol. The van der Waals surface area contributed by atoms with Crippen LogP contribution in [0.1, 0.15) is 18.7 Å². The van der Waals surface area contributed by atoms with E-state index in [1.54, 1.807) is 0 Å². The lowest BCUT2D eigenvalue weighted by atomic mass is 10.2. The number of carbonyl (C=O) groups excluding carboxylic acids is 1. The normalized spacial score (nSPS) is 13.2. The molecule has 10 heteroatoms. The predicted octanol–water partition coefficient (Wildman–Crippen LogP) is -0.165. The highest BCUT2D eigenvalue weighted by atomic mass is 32.2. The molecule has 20 heavy (non-hydrogen) atoms. The highest BCUT2D eigenvalue weighted by molar-refractivity contribution is 7.92. The van der Waals surface area contributed by atoms with Gasteiger partial charge in [-0.3, -0.25) is 4.79 Å². The number of amides is 1. The van der Waals surface area contributed by atoms with Gasteiger partial charge in [-0.1, -0.05) is 0 Å². The summed E-state index contributed by atoms with van der Waals surface area (Å²) in [6, 6.07) is 2.85. The summed E-state index contributed by atoms with van der Waals surface area (Å²) in [6.45, 7) is 2.65. The molecule has 0 aromatic carbocycles. The number of rotatable bonds is 5. The number of sulfonamides is 1. The van der Waals surface area contributed by atoms with E-state index in [0.717, 1.165) is 17.6 Å². The van der Waals surface area contributed by atoms with Crippen molar-refractivity contribution >= 4 is 37.1 Å². The summed E-state index contributed by atoms with van der Waals surface area (Å²) in [7, 11) is -7.31. The molecule has 3 N–H and O–H groups in total. The van der Waals surface area contributed by atoms with E-state index in [9.17, 15) is 21.6 Å². The van der Waals surface area contributed by atoms with E-state index in [-0.39, 0.29) is 10.8 Å². The van der Waals surface area contributed by atoms with Gasteiger partial charge in [0.2, 0.25) is 15.9 Å². The molecule has 1 aromatic rings. The Hall–Kier alpha value is -0.970. The van der Waals surface area contributed by atoms with Gasteiger partial charge in [0, 0.05) is 11.1 Å². The quantitative estimate of drug-likeness (QED) is 0.770. The molecule has 1 amide bonds. The van der Waals surface area contributed by atoms with Crippen LogP contribution in [-0.2, 0) is 31.2 Å². The minimum atomic E-state index is -3.76. The molecule has 0 saturated carbocycles. The molecular formula is C10H16N2O5S3. The number of nitrogens with one attached hydrogen (secondary N) is 1. The maximum absolute atomic E-state index is 11.9. The van der Waals surface area contributed by atoms with Gasteiger partial charge in [-0.15, -0.1) is 11.3 Å². The molecule has 0 aliphatic heterocycles. The number of hydrogen-bond donors (Lipinski definition) is 2. The fraction of sp³-hybridized carbons (Fsp3) is 0.500. The number of carbonyl (C=O) groups is 1. The fourth-order valence-electron chi connectivity index (χ4n) is 1.15. The molecule has 7 nitrogen and oxygen atoms in total. The van der Waals surface area contributed by atoms with Gasteiger partial charge in [-0.2, -0.15) is 0 Å². The van der Waals surface area contributed by atoms with Crippen molar-refractivity contribution in [3.8, 4) is 0 Å². The second kappa shape index (κ2) is 5.43. The van der Waals surface area contributed by atoms with Crippen molar-refractivity contribution in [1.29, 1.82) is 0 Å². The summed E-state index contributed by atoms with van der Waals surface area (Å²) in [5, 5.41) is 7.44. The Morgan fingerprint density at radius 1 is 1.30 bits per heavy atom. The highest BCUT2D eigenvalue weighted by Gasteiger charge is 2.38. The van der Waals surface area contributed by atoms with Gasteiger partial charge < -0.3 is 5.32 Å². The minimum Gasteiger partial charge on any atom is -0.350 e. The van der Waals surface area contributed by atoms with Crippen molar-refractivity contribution in [1.82, 2.24) is 5.32 Å². The summed E-state index contributed by atoms with van der Waals surface area (Å²) in [5.41, 5.74) is 0. The van der Waals surface area contributed by atoms with Crippen LogP contribution in [0.3, 0.4) is 0 Å². The average molecular weight is 340 g/mol. The molecule has 0 fully saturated rings. The molecule has 0 bridgehead atoms. The zero-order valence-electron chi connectivity index (χ0n) is 11.2. The Morgan fingerprint density at radius 2 is 1.85 bits per heavy atom. The van der Waals surface area contributed by atoms with Crippen molar-refractivity contribution in [2.45, 2.75) is 29.3 Å². The molecule has 0 saturated heterocycles. The molecule has 114 valence electrons. The first-order valence-corrected chi connectivity index (χ1v) is 9.70. The molecule has 0 aliphatic rings. The number of sulfone groups is 1.